The van der Waals surface area contributed by atoms with Crippen molar-refractivity contribution in [3.05, 3.63) is 48.0 Å². The van der Waals surface area contributed by atoms with Crippen molar-refractivity contribution < 1.29 is 9.26 Å². The van der Waals surface area contributed by atoms with E-state index in [-0.39, 0.29) is 6.04 Å². The van der Waals surface area contributed by atoms with E-state index in [2.05, 4.69) is 30.9 Å². The van der Waals surface area contributed by atoms with E-state index in [0.717, 1.165) is 37.4 Å². The van der Waals surface area contributed by atoms with Gasteiger partial charge in [0.15, 0.2) is 5.82 Å². The first-order valence-electron chi connectivity index (χ1n) is 8.33. The molecule has 1 fully saturated rings. The van der Waals surface area contributed by atoms with Crippen molar-refractivity contribution in [3.63, 3.8) is 0 Å². The molecule has 1 aliphatic rings. The van der Waals surface area contributed by atoms with E-state index in [1.54, 1.807) is 0 Å². The van der Waals surface area contributed by atoms with Crippen molar-refractivity contribution >= 4 is 5.65 Å². The average Bonchev–Trinajstić information content (AvgIpc) is 3.25. The van der Waals surface area contributed by atoms with E-state index in [1.807, 2.05) is 31.5 Å². The van der Waals surface area contributed by atoms with Crippen LogP contribution in [-0.4, -0.2) is 32.7 Å². The molecule has 0 spiro atoms. The summed E-state index contributed by atoms with van der Waals surface area (Å²) in [4.78, 5) is 8.79. The quantitative estimate of drug-likeness (QED) is 0.775. The van der Waals surface area contributed by atoms with Gasteiger partial charge in [-0.1, -0.05) is 11.2 Å². The molecule has 1 atom stereocenters. The number of hydrogen-bond acceptors (Lipinski definition) is 6. The third-order valence-corrected chi connectivity index (χ3v) is 4.56. The van der Waals surface area contributed by atoms with Gasteiger partial charge < -0.3 is 13.7 Å². The van der Waals surface area contributed by atoms with Crippen LogP contribution in [-0.2, 0) is 11.3 Å². The summed E-state index contributed by atoms with van der Waals surface area (Å²) in [6, 6.07) is 6.16. The van der Waals surface area contributed by atoms with Crippen molar-refractivity contribution in [3.8, 4) is 0 Å². The second-order valence-corrected chi connectivity index (χ2v) is 6.16. The number of imidazole rings is 1. The predicted octanol–water partition coefficient (Wildman–Crippen LogP) is 2.28. The van der Waals surface area contributed by atoms with Gasteiger partial charge in [-0.2, -0.15) is 4.98 Å². The van der Waals surface area contributed by atoms with Crippen molar-refractivity contribution in [2.45, 2.75) is 32.4 Å². The molecule has 126 valence electrons. The Morgan fingerprint density at radius 1 is 1.33 bits per heavy atom. The highest BCUT2D eigenvalue weighted by atomic mass is 16.5. The zero-order chi connectivity index (χ0) is 16.4. The second kappa shape index (κ2) is 6.70. The lowest BCUT2D eigenvalue weighted by molar-refractivity contribution is 0.0485. The molecule has 0 unspecified atom stereocenters. The number of aryl methyl sites for hydroxylation is 1. The molecule has 1 N–H and O–H groups in total. The Labute approximate surface area is 140 Å². The first-order valence-corrected chi connectivity index (χ1v) is 8.33. The Kier molecular flexibility index (Phi) is 4.27. The molecule has 24 heavy (non-hydrogen) atoms. The number of fused-ring (bicyclic) bond motifs is 1. The Hall–Kier alpha value is -2.25. The fourth-order valence-corrected chi connectivity index (χ4v) is 3.31. The number of rotatable bonds is 5. The molecule has 4 rings (SSSR count). The smallest absolute Gasteiger partial charge is 0.244 e. The van der Waals surface area contributed by atoms with Gasteiger partial charge >= 0.3 is 0 Å². The maximum Gasteiger partial charge on any atom is 0.244 e. The Bertz CT molecular complexity index is 806. The normalized spacial score (nSPS) is 17.4. The van der Waals surface area contributed by atoms with E-state index < -0.39 is 0 Å². The lowest BCUT2D eigenvalue weighted by atomic mass is 9.91. The van der Waals surface area contributed by atoms with Gasteiger partial charge in [0.2, 0.25) is 5.89 Å². The van der Waals surface area contributed by atoms with Crippen molar-refractivity contribution in [1.29, 1.82) is 0 Å². The predicted molar refractivity (Wildman–Crippen MR) is 87.4 cm³/mol. The Morgan fingerprint density at radius 3 is 3.00 bits per heavy atom. The van der Waals surface area contributed by atoms with E-state index in [0.29, 0.717) is 24.2 Å². The highest BCUT2D eigenvalue weighted by molar-refractivity contribution is 5.39. The summed E-state index contributed by atoms with van der Waals surface area (Å²) in [5.74, 6) is 1.76. The van der Waals surface area contributed by atoms with Crippen LogP contribution in [0.15, 0.2) is 35.1 Å². The molecule has 0 saturated carbocycles. The van der Waals surface area contributed by atoms with Crippen molar-refractivity contribution in [2.75, 3.05) is 13.2 Å². The van der Waals surface area contributed by atoms with Crippen molar-refractivity contribution in [1.82, 2.24) is 24.8 Å². The average molecular weight is 327 g/mol. The first kappa shape index (κ1) is 15.3. The molecular weight excluding hydrogens is 306 g/mol. The molecule has 7 nitrogen and oxygen atoms in total. The fourth-order valence-electron chi connectivity index (χ4n) is 3.31. The van der Waals surface area contributed by atoms with Crippen LogP contribution in [0.1, 0.15) is 36.3 Å². The van der Waals surface area contributed by atoms with Crippen LogP contribution in [0.4, 0.5) is 0 Å². The van der Waals surface area contributed by atoms with E-state index in [9.17, 15) is 0 Å². The topological polar surface area (TPSA) is 77.5 Å². The number of aromatic nitrogens is 4. The fraction of sp³-hybridized carbons (Fsp3) is 0.471. The molecular formula is C17H21N5O2. The monoisotopic (exact) mass is 327 g/mol. The molecule has 0 radical (unpaired) electrons. The van der Waals surface area contributed by atoms with Crippen LogP contribution in [0.5, 0.6) is 0 Å². The van der Waals surface area contributed by atoms with Gasteiger partial charge in [0.1, 0.15) is 5.65 Å². The van der Waals surface area contributed by atoms with Crippen LogP contribution >= 0.6 is 0 Å². The van der Waals surface area contributed by atoms with E-state index in [1.165, 1.54) is 0 Å². The van der Waals surface area contributed by atoms with Crippen LogP contribution in [0, 0.1) is 12.8 Å². The molecule has 7 heteroatoms. The van der Waals surface area contributed by atoms with E-state index >= 15 is 0 Å². The largest absolute Gasteiger partial charge is 0.381 e. The number of hydrogen-bond donors (Lipinski definition) is 1. The standard InChI is InChI=1S/C17H21N5O2/c1-12-20-17(24-21-12)16(13-5-9-23-10-6-13)19-11-14-3-2-4-15-18-7-8-22(14)15/h2-4,7-8,13,16,19H,5-6,9-11H2,1H3/t16-/m0/s1. The van der Waals surface area contributed by atoms with Gasteiger partial charge in [-0.25, -0.2) is 4.98 Å². The Balaban J connectivity index is 1.56. The lowest BCUT2D eigenvalue weighted by Gasteiger charge is -2.28. The third kappa shape index (κ3) is 3.05. The summed E-state index contributed by atoms with van der Waals surface area (Å²) in [6.45, 7) is 4.12. The summed E-state index contributed by atoms with van der Waals surface area (Å²) in [5, 5.41) is 7.57. The summed E-state index contributed by atoms with van der Waals surface area (Å²) in [6.07, 6.45) is 5.78. The van der Waals surface area contributed by atoms with Gasteiger partial charge in [-0.15, -0.1) is 0 Å². The molecule has 0 aromatic carbocycles. The van der Waals surface area contributed by atoms with Crippen molar-refractivity contribution in [2.24, 2.45) is 5.92 Å². The SMILES string of the molecule is Cc1noc([C@@H](NCc2cccc3nccn23)C2CCOCC2)n1. The molecule has 0 amide bonds. The molecule has 3 aromatic heterocycles. The minimum absolute atomic E-state index is 0.0360. The molecule has 0 bridgehead atoms. The maximum atomic E-state index is 5.49. The number of ether oxygens (including phenoxy) is 1. The number of nitrogens with one attached hydrogen (secondary N) is 1. The first-order chi connectivity index (χ1) is 11.8. The van der Waals surface area contributed by atoms with Crippen LogP contribution < -0.4 is 5.32 Å². The van der Waals surface area contributed by atoms with E-state index in [4.69, 9.17) is 9.26 Å². The number of pyridine rings is 1. The third-order valence-electron chi connectivity index (χ3n) is 4.56. The minimum Gasteiger partial charge on any atom is -0.381 e. The summed E-state index contributed by atoms with van der Waals surface area (Å²) in [5.41, 5.74) is 2.10. The second-order valence-electron chi connectivity index (χ2n) is 6.16. The Morgan fingerprint density at radius 2 is 2.21 bits per heavy atom. The molecule has 0 aliphatic carbocycles. The highest BCUT2D eigenvalue weighted by Gasteiger charge is 2.29. The van der Waals surface area contributed by atoms with Crippen LogP contribution in [0.25, 0.3) is 5.65 Å². The van der Waals surface area contributed by atoms with Gasteiger partial charge in [0.25, 0.3) is 0 Å². The maximum absolute atomic E-state index is 5.49. The van der Waals surface area contributed by atoms with Gasteiger partial charge in [0.05, 0.1) is 6.04 Å². The zero-order valence-corrected chi connectivity index (χ0v) is 13.7. The molecule has 1 aliphatic heterocycles. The summed E-state index contributed by atoms with van der Waals surface area (Å²) < 4.78 is 13.0. The lowest BCUT2D eigenvalue weighted by Crippen LogP contribution is -2.32. The minimum atomic E-state index is 0.0360. The van der Waals surface area contributed by atoms with Gasteiger partial charge in [-0.3, -0.25) is 5.32 Å². The van der Waals surface area contributed by atoms with Crippen LogP contribution in [0.3, 0.4) is 0 Å². The molecule has 1 saturated heterocycles. The van der Waals surface area contributed by atoms with Gasteiger partial charge in [-0.05, 0) is 37.8 Å². The highest BCUT2D eigenvalue weighted by Crippen LogP contribution is 2.29. The molecule has 3 aromatic rings. The number of nitrogens with zero attached hydrogens (tertiary/aromatic N) is 4. The van der Waals surface area contributed by atoms with Crippen LogP contribution in [0.2, 0.25) is 0 Å². The molecule has 4 heterocycles. The summed E-state index contributed by atoms with van der Waals surface area (Å²) in [7, 11) is 0. The van der Waals surface area contributed by atoms with Gasteiger partial charge in [0, 0.05) is 37.8 Å². The summed E-state index contributed by atoms with van der Waals surface area (Å²) >= 11 is 0. The zero-order valence-electron chi connectivity index (χ0n) is 13.7.